The maximum absolute atomic E-state index is 12.3. The summed E-state index contributed by atoms with van der Waals surface area (Å²) < 4.78 is 1.81. The Hall–Kier alpha value is -3.32. The third-order valence-corrected chi connectivity index (χ3v) is 3.99. The first-order valence-electron chi connectivity index (χ1n) is 8.13. The number of nitrogens with one attached hydrogen (secondary N) is 1. The Kier molecular flexibility index (Phi) is 5.19. The van der Waals surface area contributed by atoms with Gasteiger partial charge in [-0.2, -0.15) is 5.10 Å². The lowest BCUT2D eigenvalue weighted by Gasteiger charge is -2.11. The second kappa shape index (κ2) is 7.71. The topological polar surface area (TPSA) is 85.4 Å². The molecule has 2 aromatic carbocycles. The summed E-state index contributed by atoms with van der Waals surface area (Å²) in [5, 5.41) is 8.82. The number of aromatic nitrogens is 2. The predicted molar refractivity (Wildman–Crippen MR) is 102 cm³/mol. The first-order valence-corrected chi connectivity index (χ1v) is 8.13. The van der Waals surface area contributed by atoms with E-state index < -0.39 is 0 Å². The number of carbonyl (C=O) groups excluding carboxylic acids is 1. The number of hydroxylamine groups is 1. The Morgan fingerprint density at radius 2 is 1.92 bits per heavy atom. The number of nitrogens with two attached hydrogens (primary N) is 1. The van der Waals surface area contributed by atoms with E-state index in [1.54, 1.807) is 43.5 Å². The molecule has 1 aromatic heterocycles. The normalized spacial score (nSPS) is 10.5. The molecule has 0 saturated heterocycles. The van der Waals surface area contributed by atoms with E-state index in [4.69, 9.17) is 10.6 Å². The number of nitrogens with zero attached hydrogens (tertiary/aromatic N) is 3. The highest BCUT2D eigenvalue weighted by Crippen LogP contribution is 2.18. The summed E-state index contributed by atoms with van der Waals surface area (Å²) in [5.74, 6) is 0.529. The molecule has 7 nitrogen and oxygen atoms in total. The highest BCUT2D eigenvalue weighted by Gasteiger charge is 2.09. The van der Waals surface area contributed by atoms with Gasteiger partial charge in [-0.3, -0.25) is 14.3 Å². The molecule has 0 fully saturated rings. The van der Waals surface area contributed by atoms with Gasteiger partial charge in [0.2, 0.25) is 0 Å². The smallest absolute Gasteiger partial charge is 0.255 e. The average molecular weight is 351 g/mol. The Bertz CT molecular complexity index is 889. The molecule has 0 aliphatic rings. The van der Waals surface area contributed by atoms with Crippen LogP contribution >= 0.6 is 0 Å². The van der Waals surface area contributed by atoms with Crippen molar-refractivity contribution in [1.29, 1.82) is 0 Å². The number of hydrogen-bond donors (Lipinski definition) is 2. The number of amides is 1. The zero-order valence-corrected chi connectivity index (χ0v) is 14.7. The summed E-state index contributed by atoms with van der Waals surface area (Å²) in [4.78, 5) is 17.4. The van der Waals surface area contributed by atoms with Crippen molar-refractivity contribution in [3.05, 3.63) is 71.9 Å². The summed E-state index contributed by atoms with van der Waals surface area (Å²) in [6, 6.07) is 16.4. The summed E-state index contributed by atoms with van der Waals surface area (Å²) in [6.07, 6.45) is 1.88. The van der Waals surface area contributed by atoms with Gasteiger partial charge in [0.15, 0.2) is 5.82 Å². The van der Waals surface area contributed by atoms with E-state index in [-0.39, 0.29) is 5.91 Å². The molecule has 1 amide bonds. The fraction of sp³-hybridized carbons (Fsp3) is 0.158. The molecule has 0 aliphatic carbocycles. The van der Waals surface area contributed by atoms with Gasteiger partial charge in [0.05, 0.1) is 25.0 Å². The van der Waals surface area contributed by atoms with Crippen molar-refractivity contribution in [3.8, 4) is 0 Å². The maximum Gasteiger partial charge on any atom is 0.255 e. The number of carbonyl (C=O) groups is 1. The second-order valence-corrected chi connectivity index (χ2v) is 5.79. The van der Waals surface area contributed by atoms with Crippen LogP contribution in [0.15, 0.2) is 60.8 Å². The molecule has 1 heterocycles. The lowest BCUT2D eigenvalue weighted by molar-refractivity contribution is 0.102. The lowest BCUT2D eigenvalue weighted by atomic mass is 10.1. The molecule has 26 heavy (non-hydrogen) atoms. The quantitative estimate of drug-likeness (QED) is 0.527. The molecule has 3 aromatic rings. The molecule has 0 unspecified atom stereocenters. The second-order valence-electron chi connectivity index (χ2n) is 5.79. The van der Waals surface area contributed by atoms with E-state index in [1.807, 2.05) is 41.2 Å². The molecule has 0 atom stereocenters. The van der Waals surface area contributed by atoms with Crippen LogP contribution < -0.4 is 16.1 Å². The molecule has 0 aliphatic heterocycles. The highest BCUT2D eigenvalue weighted by atomic mass is 16.7. The molecule has 3 N–H and O–H groups in total. The number of para-hydroxylation sites is 2. The summed E-state index contributed by atoms with van der Waals surface area (Å²) in [7, 11) is 3.38. The van der Waals surface area contributed by atoms with Gasteiger partial charge < -0.3 is 11.1 Å². The van der Waals surface area contributed by atoms with E-state index in [2.05, 4.69) is 10.4 Å². The Labute approximate surface area is 151 Å². The monoisotopic (exact) mass is 351 g/mol. The largest absolute Gasteiger partial charge is 0.397 e. The third kappa shape index (κ3) is 4.01. The fourth-order valence-electron chi connectivity index (χ4n) is 2.45. The van der Waals surface area contributed by atoms with Crippen molar-refractivity contribution in [2.24, 2.45) is 0 Å². The van der Waals surface area contributed by atoms with E-state index >= 15 is 0 Å². The number of anilines is 3. The standard InChI is InChI=1S/C19H21N5O2/c1-23(26-2)18-11-12-24(22-18)13-14-7-9-15(10-8-14)19(25)21-17-6-4-3-5-16(17)20/h3-12H,13,20H2,1-2H3,(H,21,25). The maximum atomic E-state index is 12.3. The molecule has 0 radical (unpaired) electrons. The van der Waals surface area contributed by atoms with Crippen molar-refractivity contribution >= 4 is 23.1 Å². The third-order valence-electron chi connectivity index (χ3n) is 3.99. The molecular formula is C19H21N5O2. The van der Waals surface area contributed by atoms with Gasteiger partial charge in [-0.25, -0.2) is 5.06 Å². The van der Waals surface area contributed by atoms with Crippen LogP contribution in [-0.4, -0.2) is 29.8 Å². The molecule has 0 bridgehead atoms. The summed E-state index contributed by atoms with van der Waals surface area (Å²) in [6.45, 7) is 0.602. The van der Waals surface area contributed by atoms with E-state index in [0.29, 0.717) is 23.5 Å². The number of nitrogen functional groups attached to an aromatic ring is 1. The highest BCUT2D eigenvalue weighted by molar-refractivity contribution is 6.05. The van der Waals surface area contributed by atoms with Crippen LogP contribution in [0.25, 0.3) is 0 Å². The minimum atomic E-state index is -0.197. The average Bonchev–Trinajstić information content (AvgIpc) is 3.12. The van der Waals surface area contributed by atoms with Crippen molar-refractivity contribution < 1.29 is 9.63 Å². The number of hydrogen-bond acceptors (Lipinski definition) is 5. The van der Waals surface area contributed by atoms with Crippen LogP contribution in [0.1, 0.15) is 15.9 Å². The molecule has 0 saturated carbocycles. The summed E-state index contributed by atoms with van der Waals surface area (Å²) >= 11 is 0. The van der Waals surface area contributed by atoms with E-state index in [1.165, 1.54) is 0 Å². The van der Waals surface area contributed by atoms with Gasteiger partial charge in [-0.05, 0) is 29.8 Å². The summed E-state index contributed by atoms with van der Waals surface area (Å²) in [5.41, 5.74) is 8.60. The zero-order chi connectivity index (χ0) is 18.5. The van der Waals surface area contributed by atoms with Crippen LogP contribution in [0.4, 0.5) is 17.2 Å². The van der Waals surface area contributed by atoms with Gasteiger partial charge in [0.25, 0.3) is 5.91 Å². The number of benzene rings is 2. The first kappa shape index (κ1) is 17.5. The lowest BCUT2D eigenvalue weighted by Crippen LogP contribution is -2.15. The molecular weight excluding hydrogens is 330 g/mol. The Balaban J connectivity index is 1.65. The SMILES string of the molecule is CON(C)c1ccn(Cc2ccc(C(=O)Nc3ccccc3N)cc2)n1. The van der Waals surface area contributed by atoms with Gasteiger partial charge >= 0.3 is 0 Å². The van der Waals surface area contributed by atoms with Crippen molar-refractivity contribution in [2.75, 3.05) is 30.3 Å². The van der Waals surface area contributed by atoms with Crippen LogP contribution in [0.5, 0.6) is 0 Å². The molecule has 134 valence electrons. The minimum absolute atomic E-state index is 0.197. The van der Waals surface area contributed by atoms with Gasteiger partial charge in [0, 0.05) is 24.9 Å². The van der Waals surface area contributed by atoms with Gasteiger partial charge in [0.1, 0.15) is 0 Å². The molecule has 3 rings (SSSR count). The number of rotatable bonds is 6. The minimum Gasteiger partial charge on any atom is -0.397 e. The van der Waals surface area contributed by atoms with Gasteiger partial charge in [-0.15, -0.1) is 0 Å². The van der Waals surface area contributed by atoms with Gasteiger partial charge in [-0.1, -0.05) is 24.3 Å². The Morgan fingerprint density at radius 1 is 1.19 bits per heavy atom. The predicted octanol–water partition coefficient (Wildman–Crippen LogP) is 2.76. The van der Waals surface area contributed by atoms with Crippen LogP contribution in [-0.2, 0) is 11.4 Å². The van der Waals surface area contributed by atoms with Crippen LogP contribution in [0.3, 0.4) is 0 Å². The van der Waals surface area contributed by atoms with Crippen LogP contribution in [0.2, 0.25) is 0 Å². The molecule has 0 spiro atoms. The first-order chi connectivity index (χ1) is 12.6. The van der Waals surface area contributed by atoms with E-state index in [9.17, 15) is 4.79 Å². The zero-order valence-electron chi connectivity index (χ0n) is 14.7. The fourth-order valence-corrected chi connectivity index (χ4v) is 2.45. The van der Waals surface area contributed by atoms with Crippen molar-refractivity contribution in [3.63, 3.8) is 0 Å². The van der Waals surface area contributed by atoms with Crippen LogP contribution in [0, 0.1) is 0 Å². The Morgan fingerprint density at radius 3 is 2.62 bits per heavy atom. The van der Waals surface area contributed by atoms with E-state index in [0.717, 1.165) is 11.4 Å². The molecule has 7 heteroatoms. The van der Waals surface area contributed by atoms with Crippen molar-refractivity contribution in [1.82, 2.24) is 9.78 Å². The van der Waals surface area contributed by atoms with Crippen molar-refractivity contribution in [2.45, 2.75) is 6.54 Å².